The highest BCUT2D eigenvalue weighted by Crippen LogP contribution is 2.14. The van der Waals surface area contributed by atoms with Crippen LogP contribution >= 0.6 is 0 Å². The third-order valence-corrected chi connectivity index (χ3v) is 4.29. The summed E-state index contributed by atoms with van der Waals surface area (Å²) >= 11 is 0. The second-order valence-electron chi connectivity index (χ2n) is 4.86. The van der Waals surface area contributed by atoms with Crippen LogP contribution in [-0.4, -0.2) is 35.2 Å². The van der Waals surface area contributed by atoms with Crippen LogP contribution in [0.3, 0.4) is 0 Å². The number of nitrogens with one attached hydrogen (secondary N) is 2. The van der Waals surface area contributed by atoms with Gasteiger partial charge in [-0.1, -0.05) is 13.8 Å². The maximum absolute atomic E-state index is 11.9. The number of hydrogen-bond acceptors (Lipinski definition) is 4. The molecule has 0 aliphatic rings. The molecular weight excluding hydrogens is 276 g/mol. The first-order valence-corrected chi connectivity index (χ1v) is 8.30. The average Bonchev–Trinajstić information content (AvgIpc) is 2.44. The SMILES string of the molecule is CCCNS(=O)(=O)c1ccc(NCC(C)COC)cc1. The summed E-state index contributed by atoms with van der Waals surface area (Å²) < 4.78 is 31.4. The number of hydrogen-bond donors (Lipinski definition) is 2. The predicted molar refractivity (Wildman–Crippen MR) is 81.5 cm³/mol. The molecule has 0 saturated carbocycles. The van der Waals surface area contributed by atoms with Crippen LogP contribution in [0.5, 0.6) is 0 Å². The van der Waals surface area contributed by atoms with Crippen molar-refractivity contribution in [3.8, 4) is 0 Å². The van der Waals surface area contributed by atoms with E-state index in [0.717, 1.165) is 18.7 Å². The van der Waals surface area contributed by atoms with E-state index >= 15 is 0 Å². The van der Waals surface area contributed by atoms with E-state index in [-0.39, 0.29) is 0 Å². The lowest BCUT2D eigenvalue weighted by molar-refractivity contribution is 0.164. The van der Waals surface area contributed by atoms with Crippen LogP contribution < -0.4 is 10.0 Å². The molecule has 0 heterocycles. The molecule has 20 heavy (non-hydrogen) atoms. The van der Waals surface area contributed by atoms with Crippen LogP contribution in [0.4, 0.5) is 5.69 Å². The minimum absolute atomic E-state index is 0.293. The van der Waals surface area contributed by atoms with Crippen molar-refractivity contribution in [3.05, 3.63) is 24.3 Å². The molecular formula is C14H24N2O3S. The minimum atomic E-state index is -3.38. The summed E-state index contributed by atoms with van der Waals surface area (Å²) in [5.41, 5.74) is 0.905. The molecule has 0 amide bonds. The molecule has 0 aliphatic heterocycles. The Labute approximate surface area is 121 Å². The summed E-state index contributed by atoms with van der Waals surface area (Å²) in [6.07, 6.45) is 0.774. The van der Waals surface area contributed by atoms with Gasteiger partial charge in [-0.05, 0) is 36.6 Å². The molecule has 0 spiro atoms. The van der Waals surface area contributed by atoms with Gasteiger partial charge in [-0.25, -0.2) is 13.1 Å². The summed E-state index contributed by atoms with van der Waals surface area (Å²) in [4.78, 5) is 0.293. The lowest BCUT2D eigenvalue weighted by Gasteiger charge is -2.13. The van der Waals surface area contributed by atoms with Gasteiger partial charge < -0.3 is 10.1 Å². The number of anilines is 1. The Kier molecular flexibility index (Phi) is 6.98. The fraction of sp³-hybridized carbons (Fsp3) is 0.571. The van der Waals surface area contributed by atoms with Gasteiger partial charge in [0.1, 0.15) is 0 Å². The van der Waals surface area contributed by atoms with E-state index in [2.05, 4.69) is 17.0 Å². The molecule has 1 aromatic rings. The number of rotatable bonds is 9. The summed E-state index contributed by atoms with van der Waals surface area (Å²) in [5.74, 6) is 0.398. The Morgan fingerprint density at radius 2 is 1.90 bits per heavy atom. The van der Waals surface area contributed by atoms with E-state index in [9.17, 15) is 8.42 Å². The van der Waals surface area contributed by atoms with Crippen molar-refractivity contribution in [1.29, 1.82) is 0 Å². The second kappa shape index (κ2) is 8.24. The van der Waals surface area contributed by atoms with Crippen molar-refractivity contribution >= 4 is 15.7 Å². The molecule has 0 fully saturated rings. The number of sulfonamides is 1. The highest BCUT2D eigenvalue weighted by atomic mass is 32.2. The van der Waals surface area contributed by atoms with Gasteiger partial charge in [-0.2, -0.15) is 0 Å². The van der Waals surface area contributed by atoms with Gasteiger partial charge in [0.25, 0.3) is 0 Å². The van der Waals surface area contributed by atoms with Gasteiger partial charge in [0.05, 0.1) is 11.5 Å². The molecule has 114 valence electrons. The second-order valence-corrected chi connectivity index (χ2v) is 6.63. The first kappa shape index (κ1) is 16.9. The van der Waals surface area contributed by atoms with Crippen LogP contribution in [-0.2, 0) is 14.8 Å². The number of benzene rings is 1. The van der Waals surface area contributed by atoms with Crippen LogP contribution in [0.15, 0.2) is 29.2 Å². The van der Waals surface area contributed by atoms with E-state index in [1.165, 1.54) is 0 Å². The lowest BCUT2D eigenvalue weighted by Crippen LogP contribution is -2.24. The third-order valence-electron chi connectivity index (χ3n) is 2.81. The number of ether oxygens (including phenoxy) is 1. The number of methoxy groups -OCH3 is 1. The fourth-order valence-corrected chi connectivity index (χ4v) is 2.84. The van der Waals surface area contributed by atoms with Crippen molar-refractivity contribution in [3.63, 3.8) is 0 Å². The van der Waals surface area contributed by atoms with Crippen molar-refractivity contribution in [2.45, 2.75) is 25.2 Å². The van der Waals surface area contributed by atoms with Gasteiger partial charge in [-0.3, -0.25) is 0 Å². The maximum atomic E-state index is 11.9. The Hall–Kier alpha value is -1.11. The quantitative estimate of drug-likeness (QED) is 0.732. The van der Waals surface area contributed by atoms with E-state index < -0.39 is 10.0 Å². The molecule has 0 aliphatic carbocycles. The zero-order valence-electron chi connectivity index (χ0n) is 12.3. The highest BCUT2D eigenvalue weighted by molar-refractivity contribution is 7.89. The molecule has 0 aromatic heterocycles. The molecule has 5 nitrogen and oxygen atoms in total. The summed E-state index contributed by atoms with van der Waals surface area (Å²) in [6, 6.07) is 6.78. The molecule has 2 N–H and O–H groups in total. The van der Waals surface area contributed by atoms with Crippen LogP contribution in [0, 0.1) is 5.92 Å². The van der Waals surface area contributed by atoms with Crippen molar-refractivity contribution in [2.24, 2.45) is 5.92 Å². The monoisotopic (exact) mass is 300 g/mol. The van der Waals surface area contributed by atoms with Gasteiger partial charge in [0, 0.05) is 25.9 Å². The Morgan fingerprint density at radius 3 is 2.45 bits per heavy atom. The lowest BCUT2D eigenvalue weighted by atomic mass is 10.2. The van der Waals surface area contributed by atoms with E-state index in [1.807, 2.05) is 6.92 Å². The van der Waals surface area contributed by atoms with Crippen molar-refractivity contribution in [1.82, 2.24) is 4.72 Å². The topological polar surface area (TPSA) is 67.4 Å². The van der Waals surface area contributed by atoms with Crippen LogP contribution in [0.25, 0.3) is 0 Å². The zero-order chi connectivity index (χ0) is 15.0. The molecule has 1 rings (SSSR count). The first-order valence-electron chi connectivity index (χ1n) is 6.82. The Balaban J connectivity index is 2.60. The van der Waals surface area contributed by atoms with Gasteiger partial charge in [0.2, 0.25) is 10.0 Å². The summed E-state index contributed by atoms with van der Waals surface area (Å²) in [7, 11) is -1.70. The first-order chi connectivity index (χ1) is 9.49. The highest BCUT2D eigenvalue weighted by Gasteiger charge is 2.12. The molecule has 1 aromatic carbocycles. The zero-order valence-corrected chi connectivity index (χ0v) is 13.2. The smallest absolute Gasteiger partial charge is 0.240 e. The molecule has 0 bridgehead atoms. The summed E-state index contributed by atoms with van der Waals surface area (Å²) in [6.45, 7) is 5.95. The molecule has 6 heteroatoms. The fourth-order valence-electron chi connectivity index (χ4n) is 1.71. The van der Waals surface area contributed by atoms with Gasteiger partial charge in [0.15, 0.2) is 0 Å². The molecule has 1 unspecified atom stereocenters. The van der Waals surface area contributed by atoms with E-state index in [1.54, 1.807) is 31.4 Å². The predicted octanol–water partition coefficient (Wildman–Crippen LogP) is 2.07. The van der Waals surface area contributed by atoms with E-state index in [0.29, 0.717) is 24.0 Å². The molecule has 0 radical (unpaired) electrons. The van der Waals surface area contributed by atoms with Crippen molar-refractivity contribution in [2.75, 3.05) is 32.1 Å². The minimum Gasteiger partial charge on any atom is -0.385 e. The van der Waals surface area contributed by atoms with E-state index in [4.69, 9.17) is 4.74 Å². The van der Waals surface area contributed by atoms with Gasteiger partial charge >= 0.3 is 0 Å². The largest absolute Gasteiger partial charge is 0.385 e. The van der Waals surface area contributed by atoms with Gasteiger partial charge in [-0.15, -0.1) is 0 Å². The normalized spacial score (nSPS) is 13.2. The standard InChI is InChI=1S/C14H24N2O3S/c1-4-9-16-20(17,18)14-7-5-13(6-8-14)15-10-12(2)11-19-3/h5-8,12,15-16H,4,9-11H2,1-3H3. The third kappa shape index (κ3) is 5.48. The average molecular weight is 300 g/mol. The summed E-state index contributed by atoms with van der Waals surface area (Å²) in [5, 5.41) is 3.26. The Morgan fingerprint density at radius 1 is 1.25 bits per heavy atom. The maximum Gasteiger partial charge on any atom is 0.240 e. The van der Waals surface area contributed by atoms with Crippen LogP contribution in [0.1, 0.15) is 20.3 Å². The molecule has 0 saturated heterocycles. The Bertz CT molecular complexity index is 486. The van der Waals surface area contributed by atoms with Crippen LogP contribution in [0.2, 0.25) is 0 Å². The van der Waals surface area contributed by atoms with Crippen molar-refractivity contribution < 1.29 is 13.2 Å². The molecule has 1 atom stereocenters.